The molecule has 1 aliphatic heterocycles. The van der Waals surface area contributed by atoms with Crippen molar-refractivity contribution in [3.05, 3.63) is 53.3 Å². The molecule has 140 valence electrons. The lowest BCUT2D eigenvalue weighted by Crippen LogP contribution is -2.41. The summed E-state index contributed by atoms with van der Waals surface area (Å²) >= 11 is 6.86. The molecule has 2 aromatic carbocycles. The van der Waals surface area contributed by atoms with E-state index in [0.29, 0.717) is 17.1 Å². The molecule has 1 atom stereocenters. The maximum atomic E-state index is 13.2. The number of amides is 2. The number of carbonyl (C=O) groups is 2. The van der Waals surface area contributed by atoms with Crippen molar-refractivity contribution in [1.29, 1.82) is 0 Å². The van der Waals surface area contributed by atoms with Crippen LogP contribution in [-0.2, 0) is 9.59 Å². The third-order valence-corrected chi connectivity index (χ3v) is 5.03. The van der Waals surface area contributed by atoms with Gasteiger partial charge in [0.25, 0.3) is 0 Å². The highest BCUT2D eigenvalue weighted by molar-refractivity contribution is 8.15. The van der Waals surface area contributed by atoms with E-state index in [2.05, 4.69) is 15.6 Å². The van der Waals surface area contributed by atoms with Crippen LogP contribution in [0.4, 0.5) is 15.8 Å². The van der Waals surface area contributed by atoms with Crippen molar-refractivity contribution < 1.29 is 18.7 Å². The highest BCUT2D eigenvalue weighted by atomic mass is 35.5. The van der Waals surface area contributed by atoms with Gasteiger partial charge in [-0.05, 0) is 42.5 Å². The summed E-state index contributed by atoms with van der Waals surface area (Å²) in [6.45, 7) is 0. The molecule has 0 aromatic heterocycles. The molecule has 1 heterocycles. The summed E-state index contributed by atoms with van der Waals surface area (Å²) in [6.07, 6.45) is 0.0237. The van der Waals surface area contributed by atoms with Crippen LogP contribution in [0.2, 0.25) is 5.02 Å². The summed E-state index contributed by atoms with van der Waals surface area (Å²) in [5.41, 5.74) is 0.969. The Kier molecular flexibility index (Phi) is 5.98. The first-order chi connectivity index (χ1) is 12.9. The van der Waals surface area contributed by atoms with Crippen LogP contribution in [-0.4, -0.2) is 29.3 Å². The quantitative estimate of drug-likeness (QED) is 0.809. The van der Waals surface area contributed by atoms with Crippen LogP contribution < -0.4 is 15.4 Å². The number of anilines is 1. The Morgan fingerprint density at radius 3 is 2.74 bits per heavy atom. The minimum absolute atomic E-state index is 0.0237. The fourth-order valence-electron chi connectivity index (χ4n) is 2.31. The number of halogens is 2. The van der Waals surface area contributed by atoms with Crippen molar-refractivity contribution in [2.24, 2.45) is 4.99 Å². The molecule has 0 saturated carbocycles. The fourth-order valence-corrected chi connectivity index (χ4v) is 3.49. The van der Waals surface area contributed by atoms with E-state index in [1.807, 2.05) is 0 Å². The molecule has 0 unspecified atom stereocenters. The molecule has 0 radical (unpaired) electrons. The van der Waals surface area contributed by atoms with E-state index in [9.17, 15) is 14.0 Å². The molecule has 3 rings (SSSR count). The molecule has 27 heavy (non-hydrogen) atoms. The zero-order valence-corrected chi connectivity index (χ0v) is 15.7. The van der Waals surface area contributed by atoms with Gasteiger partial charge in [0.05, 0.1) is 17.8 Å². The summed E-state index contributed by atoms with van der Waals surface area (Å²) in [4.78, 5) is 28.7. The van der Waals surface area contributed by atoms with Crippen LogP contribution in [0.15, 0.2) is 47.5 Å². The second-order valence-corrected chi connectivity index (χ2v) is 7.19. The first kappa shape index (κ1) is 19.2. The van der Waals surface area contributed by atoms with Crippen LogP contribution in [0.25, 0.3) is 0 Å². The molecule has 0 bridgehead atoms. The van der Waals surface area contributed by atoms with Gasteiger partial charge in [0.2, 0.25) is 11.8 Å². The number of rotatable bonds is 4. The Morgan fingerprint density at radius 2 is 2.07 bits per heavy atom. The van der Waals surface area contributed by atoms with Gasteiger partial charge in [-0.15, -0.1) is 0 Å². The zero-order chi connectivity index (χ0) is 19.4. The number of carbonyl (C=O) groups excluding carboxylic acids is 2. The molecular weight excluding hydrogens is 393 g/mol. The largest absolute Gasteiger partial charge is 0.497 e. The third kappa shape index (κ3) is 4.99. The normalized spacial score (nSPS) is 18.1. The van der Waals surface area contributed by atoms with E-state index in [1.54, 1.807) is 31.4 Å². The Morgan fingerprint density at radius 1 is 1.33 bits per heavy atom. The SMILES string of the molecule is COc1ccc(NC(=O)[C@H]2CC(=O)NC(=Nc3ccc(F)c(Cl)c3)S2)cc1. The molecule has 2 amide bonds. The Labute approximate surface area is 164 Å². The Bertz CT molecular complexity index is 905. The fraction of sp³-hybridized carbons (Fsp3) is 0.167. The van der Waals surface area contributed by atoms with E-state index in [0.717, 1.165) is 11.8 Å². The molecule has 1 aliphatic rings. The monoisotopic (exact) mass is 407 g/mol. The number of nitrogens with zero attached hydrogens (tertiary/aromatic N) is 1. The third-order valence-electron chi connectivity index (χ3n) is 3.65. The standard InChI is InChI=1S/C18H15ClFN3O3S/c1-26-12-5-2-10(3-6-12)21-17(25)15-9-16(24)23-18(27-15)22-11-4-7-14(20)13(19)8-11/h2-8,15H,9H2,1H3,(H,21,25)(H,22,23,24)/t15-/m1/s1. The van der Waals surface area contributed by atoms with E-state index in [1.165, 1.54) is 18.2 Å². The highest BCUT2D eigenvalue weighted by Gasteiger charge is 2.30. The lowest BCUT2D eigenvalue weighted by molar-refractivity contribution is -0.123. The molecule has 2 aromatic rings. The molecule has 1 saturated heterocycles. The summed E-state index contributed by atoms with van der Waals surface area (Å²) in [7, 11) is 1.56. The summed E-state index contributed by atoms with van der Waals surface area (Å²) in [5, 5.41) is 4.91. The molecule has 2 N–H and O–H groups in total. The number of aliphatic imine (C=N–C) groups is 1. The molecule has 0 spiro atoms. The lowest BCUT2D eigenvalue weighted by Gasteiger charge is -2.22. The molecule has 0 aliphatic carbocycles. The topological polar surface area (TPSA) is 79.8 Å². The minimum Gasteiger partial charge on any atom is -0.497 e. The van der Waals surface area contributed by atoms with Gasteiger partial charge in [0, 0.05) is 12.1 Å². The molecule has 6 nitrogen and oxygen atoms in total. The van der Waals surface area contributed by atoms with Gasteiger partial charge < -0.3 is 15.4 Å². The molecular formula is C18H15ClFN3O3S. The van der Waals surface area contributed by atoms with Gasteiger partial charge >= 0.3 is 0 Å². The number of benzene rings is 2. The number of hydrogen-bond acceptors (Lipinski definition) is 5. The smallest absolute Gasteiger partial charge is 0.238 e. The Balaban J connectivity index is 1.71. The summed E-state index contributed by atoms with van der Waals surface area (Å²) < 4.78 is 18.3. The predicted molar refractivity (Wildman–Crippen MR) is 104 cm³/mol. The lowest BCUT2D eigenvalue weighted by atomic mass is 10.2. The summed E-state index contributed by atoms with van der Waals surface area (Å²) in [6, 6.07) is 10.8. The van der Waals surface area contributed by atoms with Crippen LogP contribution in [0.3, 0.4) is 0 Å². The maximum absolute atomic E-state index is 13.2. The van der Waals surface area contributed by atoms with E-state index in [4.69, 9.17) is 16.3 Å². The second kappa shape index (κ2) is 8.41. The van der Waals surface area contributed by atoms with Gasteiger partial charge in [-0.25, -0.2) is 9.38 Å². The average molecular weight is 408 g/mol. The van der Waals surface area contributed by atoms with Crippen molar-refractivity contribution in [2.45, 2.75) is 11.7 Å². The number of nitrogens with one attached hydrogen (secondary N) is 2. The maximum Gasteiger partial charge on any atom is 0.238 e. The van der Waals surface area contributed by atoms with Gasteiger partial charge in [0.1, 0.15) is 16.8 Å². The number of hydrogen-bond donors (Lipinski definition) is 2. The van der Waals surface area contributed by atoms with Crippen molar-refractivity contribution in [3.8, 4) is 5.75 Å². The van der Waals surface area contributed by atoms with Crippen molar-refractivity contribution in [1.82, 2.24) is 5.32 Å². The Hall–Kier alpha value is -2.58. The first-order valence-corrected chi connectivity index (χ1v) is 9.15. The molecule has 9 heteroatoms. The molecule has 1 fully saturated rings. The average Bonchev–Trinajstić information content (AvgIpc) is 2.65. The first-order valence-electron chi connectivity index (χ1n) is 7.90. The minimum atomic E-state index is -0.643. The van der Waals surface area contributed by atoms with Crippen molar-refractivity contribution >= 4 is 51.7 Å². The zero-order valence-electron chi connectivity index (χ0n) is 14.2. The van der Waals surface area contributed by atoms with Crippen molar-refractivity contribution in [2.75, 3.05) is 12.4 Å². The second-order valence-electron chi connectivity index (χ2n) is 5.59. The van der Waals surface area contributed by atoms with E-state index < -0.39 is 11.1 Å². The van der Waals surface area contributed by atoms with Crippen LogP contribution in [0.5, 0.6) is 5.75 Å². The van der Waals surface area contributed by atoms with Crippen LogP contribution in [0.1, 0.15) is 6.42 Å². The number of methoxy groups -OCH3 is 1. The van der Waals surface area contributed by atoms with E-state index >= 15 is 0 Å². The van der Waals surface area contributed by atoms with Crippen LogP contribution in [0, 0.1) is 5.82 Å². The van der Waals surface area contributed by atoms with Gasteiger partial charge in [0.15, 0.2) is 5.17 Å². The van der Waals surface area contributed by atoms with E-state index in [-0.39, 0.29) is 28.4 Å². The number of amidine groups is 1. The summed E-state index contributed by atoms with van der Waals surface area (Å²) in [5.74, 6) is -0.523. The van der Waals surface area contributed by atoms with Gasteiger partial charge in [-0.1, -0.05) is 23.4 Å². The van der Waals surface area contributed by atoms with Gasteiger partial charge in [-0.2, -0.15) is 0 Å². The number of ether oxygens (including phenoxy) is 1. The highest BCUT2D eigenvalue weighted by Crippen LogP contribution is 2.27. The number of thioether (sulfide) groups is 1. The van der Waals surface area contributed by atoms with Crippen LogP contribution >= 0.6 is 23.4 Å². The van der Waals surface area contributed by atoms with Crippen molar-refractivity contribution in [3.63, 3.8) is 0 Å². The predicted octanol–water partition coefficient (Wildman–Crippen LogP) is 3.74. The van der Waals surface area contributed by atoms with Gasteiger partial charge in [-0.3, -0.25) is 9.59 Å².